The van der Waals surface area contributed by atoms with Crippen molar-refractivity contribution in [3.05, 3.63) is 0 Å². The minimum absolute atomic E-state index is 0.563. The molecular formula is C16H33N. The van der Waals surface area contributed by atoms with Gasteiger partial charge in [-0.2, -0.15) is 0 Å². The van der Waals surface area contributed by atoms with Gasteiger partial charge in [-0.05, 0) is 45.2 Å². The van der Waals surface area contributed by atoms with Gasteiger partial charge in [-0.25, -0.2) is 0 Å². The molecule has 0 amide bonds. The van der Waals surface area contributed by atoms with Crippen LogP contribution in [0.1, 0.15) is 78.1 Å². The van der Waals surface area contributed by atoms with Crippen molar-refractivity contribution in [2.45, 2.75) is 84.1 Å². The zero-order chi connectivity index (χ0) is 12.7. The van der Waals surface area contributed by atoms with Gasteiger partial charge in [-0.15, -0.1) is 0 Å². The molecule has 1 unspecified atom stereocenters. The van der Waals surface area contributed by atoms with Crippen molar-refractivity contribution >= 4 is 0 Å². The average Bonchev–Trinajstić information content (AvgIpc) is 2.23. The van der Waals surface area contributed by atoms with Gasteiger partial charge in [-0.1, -0.05) is 52.4 Å². The van der Waals surface area contributed by atoms with Crippen LogP contribution in [0.4, 0.5) is 0 Å². The van der Waals surface area contributed by atoms with Gasteiger partial charge in [0, 0.05) is 6.04 Å². The van der Waals surface area contributed by atoms with Crippen LogP contribution in [0.2, 0.25) is 0 Å². The van der Waals surface area contributed by atoms with E-state index < -0.39 is 0 Å². The van der Waals surface area contributed by atoms with Gasteiger partial charge in [0.15, 0.2) is 0 Å². The monoisotopic (exact) mass is 239 g/mol. The molecule has 1 atom stereocenters. The number of hydrogen-bond acceptors (Lipinski definition) is 1. The van der Waals surface area contributed by atoms with E-state index in [2.05, 4.69) is 32.8 Å². The van der Waals surface area contributed by atoms with E-state index in [9.17, 15) is 0 Å². The van der Waals surface area contributed by atoms with E-state index >= 15 is 0 Å². The van der Waals surface area contributed by atoms with Crippen molar-refractivity contribution in [3.8, 4) is 0 Å². The highest BCUT2D eigenvalue weighted by Gasteiger charge is 2.21. The van der Waals surface area contributed by atoms with Gasteiger partial charge in [0.1, 0.15) is 0 Å². The molecule has 102 valence electrons. The van der Waals surface area contributed by atoms with Crippen LogP contribution in [0, 0.1) is 5.41 Å². The number of nitrogens with zero attached hydrogens (tertiary/aromatic N) is 1. The molecular weight excluding hydrogens is 206 g/mol. The van der Waals surface area contributed by atoms with E-state index in [0.717, 1.165) is 6.04 Å². The lowest BCUT2D eigenvalue weighted by atomic mass is 9.80. The van der Waals surface area contributed by atoms with Crippen LogP contribution in [-0.4, -0.2) is 25.0 Å². The summed E-state index contributed by atoms with van der Waals surface area (Å²) in [6.45, 7) is 4.93. The highest BCUT2D eigenvalue weighted by molar-refractivity contribution is 4.75. The van der Waals surface area contributed by atoms with Gasteiger partial charge < -0.3 is 4.90 Å². The summed E-state index contributed by atoms with van der Waals surface area (Å²) in [5, 5.41) is 0. The molecule has 1 heteroatoms. The lowest BCUT2D eigenvalue weighted by Crippen LogP contribution is -2.29. The minimum atomic E-state index is 0.563. The molecule has 1 rings (SSSR count). The van der Waals surface area contributed by atoms with Gasteiger partial charge in [0.05, 0.1) is 0 Å². The summed E-state index contributed by atoms with van der Waals surface area (Å²) in [7, 11) is 4.51. The maximum atomic E-state index is 2.46. The Labute approximate surface area is 109 Å². The van der Waals surface area contributed by atoms with Gasteiger partial charge in [0.25, 0.3) is 0 Å². The Morgan fingerprint density at radius 1 is 0.765 bits per heavy atom. The average molecular weight is 239 g/mol. The van der Waals surface area contributed by atoms with E-state index in [1.807, 2.05) is 0 Å². The fourth-order valence-corrected chi connectivity index (χ4v) is 3.03. The van der Waals surface area contributed by atoms with Crippen LogP contribution in [0.25, 0.3) is 0 Å². The molecule has 0 aromatic rings. The van der Waals surface area contributed by atoms with Crippen molar-refractivity contribution in [3.63, 3.8) is 0 Å². The summed E-state index contributed by atoms with van der Waals surface area (Å²) in [4.78, 5) is 2.45. The van der Waals surface area contributed by atoms with Gasteiger partial charge >= 0.3 is 0 Å². The third kappa shape index (κ3) is 6.45. The molecule has 0 heterocycles. The first-order valence-electron chi connectivity index (χ1n) is 7.68. The summed E-state index contributed by atoms with van der Waals surface area (Å²) >= 11 is 0. The maximum absolute atomic E-state index is 2.46. The molecule has 1 nitrogen and oxygen atoms in total. The Hall–Kier alpha value is -0.0400. The summed E-state index contributed by atoms with van der Waals surface area (Å²) in [5.74, 6) is 0. The highest BCUT2D eigenvalue weighted by atomic mass is 15.1. The topological polar surface area (TPSA) is 3.24 Å². The molecule has 0 N–H and O–H groups in total. The Morgan fingerprint density at radius 2 is 1.35 bits per heavy atom. The molecule has 0 radical (unpaired) electrons. The SMILES string of the molecule is CN(C)C1CCCCCCCCC(C)(C)CC1. The maximum Gasteiger partial charge on any atom is 0.00893 e. The summed E-state index contributed by atoms with van der Waals surface area (Å²) < 4.78 is 0. The second-order valence-corrected chi connectivity index (χ2v) is 6.98. The molecule has 1 fully saturated rings. The second kappa shape index (κ2) is 7.41. The van der Waals surface area contributed by atoms with Crippen molar-refractivity contribution < 1.29 is 0 Å². The van der Waals surface area contributed by atoms with Crippen LogP contribution in [0.5, 0.6) is 0 Å². The fourth-order valence-electron chi connectivity index (χ4n) is 3.03. The Kier molecular flexibility index (Phi) is 6.54. The quantitative estimate of drug-likeness (QED) is 0.632. The minimum Gasteiger partial charge on any atom is -0.306 e. The van der Waals surface area contributed by atoms with Crippen molar-refractivity contribution in [2.24, 2.45) is 5.41 Å². The fraction of sp³-hybridized carbons (Fsp3) is 1.00. The normalized spacial score (nSPS) is 28.4. The Balaban J connectivity index is 2.48. The summed E-state index contributed by atoms with van der Waals surface area (Å²) in [6, 6.07) is 0.814. The van der Waals surface area contributed by atoms with E-state index in [1.165, 1.54) is 64.2 Å². The van der Waals surface area contributed by atoms with Crippen molar-refractivity contribution in [1.82, 2.24) is 4.90 Å². The summed E-state index contributed by atoms with van der Waals surface area (Å²) in [5.41, 5.74) is 0.563. The highest BCUT2D eigenvalue weighted by Crippen LogP contribution is 2.32. The predicted molar refractivity (Wildman–Crippen MR) is 77.4 cm³/mol. The number of hydrogen-bond donors (Lipinski definition) is 0. The molecule has 1 aliphatic rings. The molecule has 1 aliphatic carbocycles. The molecule has 17 heavy (non-hydrogen) atoms. The first kappa shape index (κ1) is 15.0. The molecule has 0 saturated heterocycles. The van der Waals surface area contributed by atoms with Crippen LogP contribution >= 0.6 is 0 Å². The van der Waals surface area contributed by atoms with Crippen LogP contribution in [0.15, 0.2) is 0 Å². The standard InChI is InChI=1S/C16H33N/c1-16(2)13-10-8-6-5-7-9-11-15(12-14-16)17(3)4/h15H,5-14H2,1-4H3. The predicted octanol–water partition coefficient (Wildman–Crippen LogP) is 4.86. The van der Waals surface area contributed by atoms with Crippen LogP contribution < -0.4 is 0 Å². The third-order valence-electron chi connectivity index (χ3n) is 4.53. The largest absolute Gasteiger partial charge is 0.306 e. The Morgan fingerprint density at radius 3 is 2.00 bits per heavy atom. The Bertz CT molecular complexity index is 196. The lowest BCUT2D eigenvalue weighted by molar-refractivity contribution is 0.203. The molecule has 0 aromatic carbocycles. The molecule has 1 saturated carbocycles. The van der Waals surface area contributed by atoms with E-state index in [1.54, 1.807) is 0 Å². The van der Waals surface area contributed by atoms with E-state index in [4.69, 9.17) is 0 Å². The first-order valence-corrected chi connectivity index (χ1v) is 7.68. The molecule has 0 aromatic heterocycles. The van der Waals surface area contributed by atoms with Gasteiger partial charge in [0.2, 0.25) is 0 Å². The zero-order valence-corrected chi connectivity index (χ0v) is 12.6. The third-order valence-corrected chi connectivity index (χ3v) is 4.53. The van der Waals surface area contributed by atoms with Crippen LogP contribution in [0.3, 0.4) is 0 Å². The van der Waals surface area contributed by atoms with Crippen LogP contribution in [-0.2, 0) is 0 Å². The molecule has 0 bridgehead atoms. The smallest absolute Gasteiger partial charge is 0.00893 e. The zero-order valence-electron chi connectivity index (χ0n) is 12.6. The molecule has 0 aliphatic heterocycles. The number of rotatable bonds is 1. The molecule has 0 spiro atoms. The van der Waals surface area contributed by atoms with Crippen molar-refractivity contribution in [2.75, 3.05) is 14.1 Å². The second-order valence-electron chi connectivity index (χ2n) is 6.98. The lowest BCUT2D eigenvalue weighted by Gasteiger charge is -2.31. The summed E-state index contributed by atoms with van der Waals surface area (Å²) in [6.07, 6.45) is 14.3. The van der Waals surface area contributed by atoms with E-state index in [0.29, 0.717) is 5.41 Å². The van der Waals surface area contributed by atoms with E-state index in [-0.39, 0.29) is 0 Å². The first-order chi connectivity index (χ1) is 8.01. The van der Waals surface area contributed by atoms with Gasteiger partial charge in [-0.3, -0.25) is 0 Å². The van der Waals surface area contributed by atoms with Crippen molar-refractivity contribution in [1.29, 1.82) is 0 Å².